The summed E-state index contributed by atoms with van der Waals surface area (Å²) in [6.07, 6.45) is 1.25. The van der Waals surface area contributed by atoms with Gasteiger partial charge in [-0.25, -0.2) is 4.79 Å². The number of carboxylic acids is 1. The summed E-state index contributed by atoms with van der Waals surface area (Å²) in [5.74, 6) is -1.63. The molecule has 0 radical (unpaired) electrons. The Morgan fingerprint density at radius 2 is 2.11 bits per heavy atom. The molecule has 104 valence electrons. The van der Waals surface area contributed by atoms with Crippen LogP contribution in [0.3, 0.4) is 0 Å². The SMILES string of the molecule is CCCC(C)(N)C(=O)Nc1cccc(Cl)c1C(=O)O. The van der Waals surface area contributed by atoms with Gasteiger partial charge in [0.2, 0.25) is 5.91 Å². The van der Waals surface area contributed by atoms with Gasteiger partial charge in [0.25, 0.3) is 0 Å². The van der Waals surface area contributed by atoms with Gasteiger partial charge in [0, 0.05) is 0 Å². The van der Waals surface area contributed by atoms with Crippen LogP contribution in [0.5, 0.6) is 0 Å². The third-order valence-corrected chi connectivity index (χ3v) is 3.08. The van der Waals surface area contributed by atoms with Crippen molar-refractivity contribution in [2.24, 2.45) is 5.73 Å². The van der Waals surface area contributed by atoms with Crippen molar-refractivity contribution < 1.29 is 14.7 Å². The lowest BCUT2D eigenvalue weighted by atomic mass is 9.96. The van der Waals surface area contributed by atoms with Crippen molar-refractivity contribution >= 4 is 29.2 Å². The highest BCUT2D eigenvalue weighted by atomic mass is 35.5. The summed E-state index contributed by atoms with van der Waals surface area (Å²) < 4.78 is 0. The van der Waals surface area contributed by atoms with Crippen molar-refractivity contribution in [1.29, 1.82) is 0 Å². The molecular weight excluding hydrogens is 268 g/mol. The van der Waals surface area contributed by atoms with E-state index in [0.717, 1.165) is 6.42 Å². The van der Waals surface area contributed by atoms with Crippen molar-refractivity contribution in [3.8, 4) is 0 Å². The topological polar surface area (TPSA) is 92.4 Å². The van der Waals surface area contributed by atoms with Crippen LogP contribution in [-0.4, -0.2) is 22.5 Å². The first-order valence-electron chi connectivity index (χ1n) is 5.91. The zero-order valence-corrected chi connectivity index (χ0v) is 11.6. The second-order valence-corrected chi connectivity index (χ2v) is 5.00. The summed E-state index contributed by atoms with van der Waals surface area (Å²) in [4.78, 5) is 23.2. The number of benzene rings is 1. The van der Waals surface area contributed by atoms with Gasteiger partial charge in [0.05, 0.1) is 16.2 Å². The summed E-state index contributed by atoms with van der Waals surface area (Å²) in [6, 6.07) is 4.50. The molecule has 0 saturated carbocycles. The van der Waals surface area contributed by atoms with Crippen LogP contribution in [-0.2, 0) is 4.79 Å². The lowest BCUT2D eigenvalue weighted by molar-refractivity contribution is -0.120. The van der Waals surface area contributed by atoms with Crippen LogP contribution in [0.4, 0.5) is 5.69 Å². The van der Waals surface area contributed by atoms with Crippen LogP contribution in [0, 0.1) is 0 Å². The van der Waals surface area contributed by atoms with E-state index in [2.05, 4.69) is 5.32 Å². The van der Waals surface area contributed by atoms with Crippen LogP contribution < -0.4 is 11.1 Å². The fraction of sp³-hybridized carbons (Fsp3) is 0.385. The molecule has 0 aromatic heterocycles. The Hall–Kier alpha value is -1.59. The Morgan fingerprint density at radius 1 is 1.47 bits per heavy atom. The normalized spacial score (nSPS) is 13.7. The summed E-state index contributed by atoms with van der Waals surface area (Å²) in [5, 5.41) is 11.7. The number of amides is 1. The summed E-state index contributed by atoms with van der Waals surface area (Å²) in [6.45, 7) is 3.53. The van der Waals surface area contributed by atoms with Crippen LogP contribution in [0.1, 0.15) is 37.0 Å². The predicted molar refractivity (Wildman–Crippen MR) is 74.5 cm³/mol. The fourth-order valence-electron chi connectivity index (χ4n) is 1.74. The molecule has 1 aromatic carbocycles. The Balaban J connectivity index is 3.04. The fourth-order valence-corrected chi connectivity index (χ4v) is 2.00. The summed E-state index contributed by atoms with van der Waals surface area (Å²) in [7, 11) is 0. The molecule has 0 aliphatic rings. The Bertz CT molecular complexity index is 501. The van der Waals surface area contributed by atoms with Crippen LogP contribution >= 0.6 is 11.6 Å². The van der Waals surface area contributed by atoms with Crippen LogP contribution in [0.2, 0.25) is 5.02 Å². The molecule has 0 aliphatic carbocycles. The maximum absolute atomic E-state index is 12.0. The molecule has 1 amide bonds. The molecule has 1 rings (SSSR count). The van der Waals surface area contributed by atoms with Gasteiger partial charge in [-0.2, -0.15) is 0 Å². The number of carbonyl (C=O) groups excluding carboxylic acids is 1. The van der Waals surface area contributed by atoms with E-state index in [1.165, 1.54) is 12.1 Å². The number of nitrogens with two attached hydrogens (primary N) is 1. The first kappa shape index (κ1) is 15.5. The molecule has 1 unspecified atom stereocenters. The molecule has 0 bridgehead atoms. The third kappa shape index (κ3) is 3.68. The molecule has 6 heteroatoms. The largest absolute Gasteiger partial charge is 0.478 e. The molecule has 0 saturated heterocycles. The molecule has 0 heterocycles. The van der Waals surface area contributed by atoms with Gasteiger partial charge in [-0.05, 0) is 25.5 Å². The minimum absolute atomic E-state index is 0.0690. The maximum Gasteiger partial charge on any atom is 0.339 e. The summed E-state index contributed by atoms with van der Waals surface area (Å²) >= 11 is 5.82. The molecule has 0 spiro atoms. The van der Waals surface area contributed by atoms with E-state index < -0.39 is 17.4 Å². The molecule has 0 aliphatic heterocycles. The van der Waals surface area contributed by atoms with Crippen LogP contribution in [0.25, 0.3) is 0 Å². The number of halogens is 1. The molecule has 4 N–H and O–H groups in total. The van der Waals surface area contributed by atoms with Crippen molar-refractivity contribution in [1.82, 2.24) is 0 Å². The zero-order chi connectivity index (χ0) is 14.6. The lowest BCUT2D eigenvalue weighted by Gasteiger charge is -2.23. The quantitative estimate of drug-likeness (QED) is 0.774. The number of aromatic carboxylic acids is 1. The Labute approximate surface area is 116 Å². The van der Waals surface area contributed by atoms with E-state index in [1.54, 1.807) is 13.0 Å². The molecular formula is C13H17ClN2O3. The van der Waals surface area contributed by atoms with Crippen molar-refractivity contribution in [3.63, 3.8) is 0 Å². The average molecular weight is 285 g/mol. The highest BCUT2D eigenvalue weighted by Gasteiger charge is 2.28. The monoisotopic (exact) mass is 284 g/mol. The maximum atomic E-state index is 12.0. The van der Waals surface area contributed by atoms with Gasteiger partial charge in [-0.15, -0.1) is 0 Å². The lowest BCUT2D eigenvalue weighted by Crippen LogP contribution is -2.48. The summed E-state index contributed by atoms with van der Waals surface area (Å²) in [5.41, 5.74) is 4.86. The number of anilines is 1. The van der Waals surface area contributed by atoms with Crippen molar-refractivity contribution in [3.05, 3.63) is 28.8 Å². The Morgan fingerprint density at radius 3 is 2.63 bits per heavy atom. The number of rotatable bonds is 5. The van der Waals surface area contributed by atoms with Crippen molar-refractivity contribution in [2.75, 3.05) is 5.32 Å². The van der Waals surface area contributed by atoms with Crippen LogP contribution in [0.15, 0.2) is 18.2 Å². The molecule has 0 fully saturated rings. The first-order chi connectivity index (χ1) is 8.79. The smallest absolute Gasteiger partial charge is 0.339 e. The molecule has 1 aromatic rings. The predicted octanol–water partition coefficient (Wildman–Crippen LogP) is 2.49. The second kappa shape index (κ2) is 6.04. The van der Waals surface area contributed by atoms with Gasteiger partial charge in [-0.1, -0.05) is 31.0 Å². The standard InChI is InChI=1S/C13H17ClN2O3/c1-3-7-13(2,15)12(19)16-9-6-4-5-8(14)10(9)11(17)18/h4-6H,3,7,15H2,1-2H3,(H,16,19)(H,17,18). The zero-order valence-electron chi connectivity index (χ0n) is 10.9. The van der Waals surface area contributed by atoms with Crippen molar-refractivity contribution in [2.45, 2.75) is 32.2 Å². The molecule has 19 heavy (non-hydrogen) atoms. The van der Waals surface area contributed by atoms with E-state index in [9.17, 15) is 9.59 Å². The van der Waals surface area contributed by atoms with Gasteiger partial charge in [-0.3, -0.25) is 4.79 Å². The van der Waals surface area contributed by atoms with E-state index in [0.29, 0.717) is 6.42 Å². The number of carboxylic acid groups (broad SMARTS) is 1. The Kier molecular flexibility index (Phi) is 4.91. The van der Waals surface area contributed by atoms with Gasteiger partial charge < -0.3 is 16.2 Å². The number of hydrogen-bond donors (Lipinski definition) is 3. The van der Waals surface area contributed by atoms with E-state index in [-0.39, 0.29) is 16.3 Å². The van der Waals surface area contributed by atoms with Gasteiger partial charge >= 0.3 is 5.97 Å². The minimum Gasteiger partial charge on any atom is -0.478 e. The molecule has 5 nitrogen and oxygen atoms in total. The number of carbonyl (C=O) groups is 2. The number of hydrogen-bond acceptors (Lipinski definition) is 3. The molecule has 1 atom stereocenters. The highest BCUT2D eigenvalue weighted by Crippen LogP contribution is 2.25. The average Bonchev–Trinajstić information content (AvgIpc) is 2.28. The first-order valence-corrected chi connectivity index (χ1v) is 6.29. The van der Waals surface area contributed by atoms with Gasteiger partial charge in [0.15, 0.2) is 0 Å². The second-order valence-electron chi connectivity index (χ2n) is 4.59. The van der Waals surface area contributed by atoms with E-state index in [4.69, 9.17) is 22.4 Å². The van der Waals surface area contributed by atoms with Gasteiger partial charge in [0.1, 0.15) is 5.56 Å². The minimum atomic E-state index is -1.20. The van der Waals surface area contributed by atoms with E-state index in [1.807, 2.05) is 6.92 Å². The number of nitrogens with one attached hydrogen (secondary N) is 1. The highest BCUT2D eigenvalue weighted by molar-refractivity contribution is 6.34. The van der Waals surface area contributed by atoms with E-state index >= 15 is 0 Å². The third-order valence-electron chi connectivity index (χ3n) is 2.76.